The average Bonchev–Trinajstić information content (AvgIpc) is 3.49. The molecular formula is C24H20N10O2. The fraction of sp³-hybridized carbons (Fsp3) is 0.125. The van der Waals surface area contributed by atoms with Gasteiger partial charge in [-0.3, -0.25) is 23.9 Å². The molecule has 0 aliphatic rings. The molecule has 0 aliphatic carbocycles. The summed E-state index contributed by atoms with van der Waals surface area (Å²) >= 11 is 0. The predicted molar refractivity (Wildman–Crippen MR) is 131 cm³/mol. The Labute approximate surface area is 204 Å². The van der Waals surface area contributed by atoms with E-state index in [9.17, 15) is 9.59 Å². The number of aryl methyl sites for hydroxylation is 1. The van der Waals surface area contributed by atoms with E-state index in [2.05, 4.69) is 47.4 Å². The summed E-state index contributed by atoms with van der Waals surface area (Å²) in [6.45, 7) is 1.71. The van der Waals surface area contributed by atoms with Crippen molar-refractivity contribution in [2.75, 3.05) is 5.73 Å². The van der Waals surface area contributed by atoms with Gasteiger partial charge in [-0.05, 0) is 25.0 Å². The van der Waals surface area contributed by atoms with Crippen LogP contribution in [0.3, 0.4) is 0 Å². The van der Waals surface area contributed by atoms with E-state index >= 15 is 0 Å². The molecule has 0 saturated carbocycles. The minimum absolute atomic E-state index is 0.00328. The van der Waals surface area contributed by atoms with Gasteiger partial charge in [-0.15, -0.1) is 0 Å². The number of hydrogen-bond acceptors (Lipinski definition) is 8. The number of anilines is 1. The Morgan fingerprint density at radius 1 is 1.17 bits per heavy atom. The summed E-state index contributed by atoms with van der Waals surface area (Å²) in [5, 5.41) is 14.1. The van der Waals surface area contributed by atoms with Crippen molar-refractivity contribution in [2.24, 2.45) is 7.05 Å². The van der Waals surface area contributed by atoms with Gasteiger partial charge in [0.1, 0.15) is 11.2 Å². The van der Waals surface area contributed by atoms with Crippen molar-refractivity contribution in [3.8, 4) is 17.5 Å². The Morgan fingerprint density at radius 3 is 2.67 bits per heavy atom. The van der Waals surface area contributed by atoms with Gasteiger partial charge >= 0.3 is 0 Å². The lowest BCUT2D eigenvalue weighted by atomic mass is 10.2. The first kappa shape index (κ1) is 22.5. The monoisotopic (exact) mass is 480 g/mol. The highest BCUT2D eigenvalue weighted by Gasteiger charge is 2.23. The number of fused-ring (bicyclic) bond motifs is 1. The van der Waals surface area contributed by atoms with Crippen LogP contribution in [0.1, 0.15) is 40.5 Å². The lowest BCUT2D eigenvalue weighted by Crippen LogP contribution is -2.34. The molecule has 0 bridgehead atoms. The molecule has 12 nitrogen and oxygen atoms in total. The SMILES string of the molecule is C[C@@H](NC(=O)c1nccnc1N)c1nc2[nH]nc(C#Cc3cnn(C)c3)c2c(=O)n1-c1ccccc1. The lowest BCUT2D eigenvalue weighted by molar-refractivity contribution is 0.0933. The van der Waals surface area contributed by atoms with Gasteiger partial charge in [-0.1, -0.05) is 24.1 Å². The third-order valence-electron chi connectivity index (χ3n) is 5.34. The van der Waals surface area contributed by atoms with Gasteiger partial charge in [0.15, 0.2) is 22.9 Å². The van der Waals surface area contributed by atoms with E-state index in [4.69, 9.17) is 5.73 Å². The minimum atomic E-state index is -0.704. The average molecular weight is 480 g/mol. The number of nitrogens with two attached hydrogens (primary N) is 1. The van der Waals surface area contributed by atoms with Crippen molar-refractivity contribution < 1.29 is 4.79 Å². The topological polar surface area (TPSA) is 162 Å². The third kappa shape index (κ3) is 4.16. The Hall–Kier alpha value is -5.31. The summed E-state index contributed by atoms with van der Waals surface area (Å²) in [5.41, 5.74) is 7.14. The molecule has 4 heterocycles. The van der Waals surface area contributed by atoms with E-state index in [-0.39, 0.29) is 39.6 Å². The van der Waals surface area contributed by atoms with Crippen LogP contribution in [-0.4, -0.2) is 45.4 Å². The van der Waals surface area contributed by atoms with E-state index in [0.29, 0.717) is 11.3 Å². The summed E-state index contributed by atoms with van der Waals surface area (Å²) in [6, 6.07) is 8.29. The summed E-state index contributed by atoms with van der Waals surface area (Å²) < 4.78 is 3.06. The zero-order chi connectivity index (χ0) is 25.2. The minimum Gasteiger partial charge on any atom is -0.382 e. The van der Waals surface area contributed by atoms with Crippen molar-refractivity contribution in [2.45, 2.75) is 13.0 Å². The van der Waals surface area contributed by atoms with Gasteiger partial charge in [0, 0.05) is 25.6 Å². The number of nitrogens with zero attached hydrogens (tertiary/aromatic N) is 7. The van der Waals surface area contributed by atoms with Crippen LogP contribution in [0.2, 0.25) is 0 Å². The summed E-state index contributed by atoms with van der Waals surface area (Å²) in [6.07, 6.45) is 6.15. The highest BCUT2D eigenvalue weighted by atomic mass is 16.2. The number of carbonyl (C=O) groups excluding carboxylic acids is 1. The van der Waals surface area contributed by atoms with Gasteiger partial charge in [-0.2, -0.15) is 10.2 Å². The molecule has 0 spiro atoms. The first-order valence-corrected chi connectivity index (χ1v) is 10.9. The second-order valence-electron chi connectivity index (χ2n) is 7.88. The predicted octanol–water partition coefficient (Wildman–Crippen LogP) is 1.11. The number of H-pyrrole nitrogens is 1. The Morgan fingerprint density at radius 2 is 1.94 bits per heavy atom. The number of aromatic nitrogens is 8. The Bertz CT molecular complexity index is 1710. The van der Waals surface area contributed by atoms with Gasteiger partial charge < -0.3 is 11.1 Å². The molecular weight excluding hydrogens is 460 g/mol. The number of nitrogens with one attached hydrogen (secondary N) is 2. The maximum atomic E-state index is 13.8. The molecule has 36 heavy (non-hydrogen) atoms. The second-order valence-corrected chi connectivity index (χ2v) is 7.88. The van der Waals surface area contributed by atoms with Crippen LogP contribution in [0.15, 0.2) is 59.9 Å². The molecule has 1 amide bonds. The van der Waals surface area contributed by atoms with Gasteiger partial charge in [0.2, 0.25) is 0 Å². The molecule has 1 aromatic carbocycles. The Kier molecular flexibility index (Phi) is 5.71. The van der Waals surface area contributed by atoms with E-state index in [1.807, 2.05) is 6.07 Å². The molecule has 0 aliphatic heterocycles. The van der Waals surface area contributed by atoms with Crippen LogP contribution in [0.5, 0.6) is 0 Å². The van der Waals surface area contributed by atoms with Crippen LogP contribution in [0.25, 0.3) is 16.7 Å². The van der Waals surface area contributed by atoms with Crippen LogP contribution in [0, 0.1) is 11.8 Å². The molecule has 0 fully saturated rings. The molecule has 1 atom stereocenters. The Balaban J connectivity index is 1.62. The van der Waals surface area contributed by atoms with E-state index in [1.165, 1.54) is 17.0 Å². The molecule has 5 aromatic rings. The van der Waals surface area contributed by atoms with Crippen molar-refractivity contribution in [3.63, 3.8) is 0 Å². The number of hydrogen-bond donors (Lipinski definition) is 3. The molecule has 12 heteroatoms. The molecule has 0 saturated heterocycles. The smallest absolute Gasteiger partial charge is 0.274 e. The molecule has 0 radical (unpaired) electrons. The molecule has 4 aromatic heterocycles. The number of carbonyl (C=O) groups is 1. The van der Waals surface area contributed by atoms with Crippen LogP contribution < -0.4 is 16.6 Å². The number of para-hydroxylation sites is 1. The molecule has 0 unspecified atom stereocenters. The molecule has 5 rings (SSSR count). The third-order valence-corrected chi connectivity index (χ3v) is 5.34. The van der Waals surface area contributed by atoms with Crippen LogP contribution >= 0.6 is 0 Å². The summed E-state index contributed by atoms with van der Waals surface area (Å²) in [7, 11) is 1.79. The fourth-order valence-electron chi connectivity index (χ4n) is 3.67. The highest BCUT2D eigenvalue weighted by Crippen LogP contribution is 2.19. The van der Waals surface area contributed by atoms with Crippen molar-refractivity contribution in [1.29, 1.82) is 0 Å². The number of amides is 1. The first-order chi connectivity index (χ1) is 17.4. The normalized spacial score (nSPS) is 11.6. The number of rotatable bonds is 4. The fourth-order valence-corrected chi connectivity index (χ4v) is 3.67. The van der Waals surface area contributed by atoms with Crippen molar-refractivity contribution >= 4 is 22.8 Å². The molecule has 4 N–H and O–H groups in total. The maximum absolute atomic E-state index is 13.8. The van der Waals surface area contributed by atoms with Gasteiger partial charge in [0.25, 0.3) is 11.5 Å². The largest absolute Gasteiger partial charge is 0.382 e. The van der Waals surface area contributed by atoms with E-state index in [0.717, 1.165) is 0 Å². The van der Waals surface area contributed by atoms with Gasteiger partial charge in [0.05, 0.1) is 23.5 Å². The summed E-state index contributed by atoms with van der Waals surface area (Å²) in [5.74, 6) is 5.62. The first-order valence-electron chi connectivity index (χ1n) is 10.9. The quantitative estimate of drug-likeness (QED) is 0.322. The number of benzene rings is 1. The molecule has 178 valence electrons. The highest BCUT2D eigenvalue weighted by molar-refractivity contribution is 5.96. The van der Waals surface area contributed by atoms with Crippen molar-refractivity contribution in [3.05, 3.63) is 88.2 Å². The van der Waals surface area contributed by atoms with Gasteiger partial charge in [-0.25, -0.2) is 15.0 Å². The summed E-state index contributed by atoms with van der Waals surface area (Å²) in [4.78, 5) is 39.1. The number of nitrogen functional groups attached to an aromatic ring is 1. The lowest BCUT2D eigenvalue weighted by Gasteiger charge is -2.19. The second kappa shape index (κ2) is 9.15. The van der Waals surface area contributed by atoms with E-state index in [1.54, 1.807) is 55.3 Å². The van der Waals surface area contributed by atoms with E-state index < -0.39 is 11.9 Å². The zero-order valence-electron chi connectivity index (χ0n) is 19.3. The van der Waals surface area contributed by atoms with Crippen LogP contribution in [-0.2, 0) is 7.05 Å². The van der Waals surface area contributed by atoms with Crippen molar-refractivity contribution in [1.82, 2.24) is 44.8 Å². The van der Waals surface area contributed by atoms with Crippen LogP contribution in [0.4, 0.5) is 5.82 Å². The standard InChI is InChI=1S/C24H20N10O2/c1-14(29-23(35)19-20(25)27-11-10-26-19)22-30-21-18(24(36)34(22)16-6-4-3-5-7-16)17(31-32-21)9-8-15-12-28-33(2)13-15/h3-7,10-14H,1-2H3,(H2,25,27)(H,29,35)(H,31,32)/t14-/m1/s1. The number of aromatic amines is 1. The maximum Gasteiger partial charge on any atom is 0.274 e. The zero-order valence-corrected chi connectivity index (χ0v) is 19.3.